The summed E-state index contributed by atoms with van der Waals surface area (Å²) in [5, 5.41) is 3.24. The Morgan fingerprint density at radius 3 is 2.65 bits per heavy atom. The van der Waals surface area contributed by atoms with Crippen LogP contribution in [0.25, 0.3) is 11.2 Å². The van der Waals surface area contributed by atoms with Crippen LogP contribution in [0.1, 0.15) is 32.7 Å². The van der Waals surface area contributed by atoms with Gasteiger partial charge in [-0.15, -0.1) is 0 Å². The Balaban J connectivity index is 1.78. The third-order valence-electron chi connectivity index (χ3n) is 3.78. The van der Waals surface area contributed by atoms with Gasteiger partial charge in [-0.2, -0.15) is 9.97 Å². The minimum Gasteiger partial charge on any atom is -0.473 e. The molecule has 1 aliphatic rings. The molecular weight excluding hydrogens is 290 g/mol. The first-order valence-corrected chi connectivity index (χ1v) is 7.94. The monoisotopic (exact) mass is 309 g/mol. The van der Waals surface area contributed by atoms with Crippen LogP contribution in [0.3, 0.4) is 0 Å². The van der Waals surface area contributed by atoms with E-state index in [-0.39, 0.29) is 12.1 Å². The van der Waals surface area contributed by atoms with E-state index in [1.165, 1.54) is 0 Å². The maximum Gasteiger partial charge on any atom is 0.247 e. The van der Waals surface area contributed by atoms with Gasteiger partial charge in [0, 0.05) is 11.7 Å². The molecule has 1 saturated carbocycles. The van der Waals surface area contributed by atoms with Crippen molar-refractivity contribution in [2.75, 3.05) is 5.32 Å². The smallest absolute Gasteiger partial charge is 0.247 e. The highest BCUT2D eigenvalue weighted by Gasteiger charge is 2.26. The molecule has 0 saturated heterocycles. The Kier molecular flexibility index (Phi) is 3.37. The van der Waals surface area contributed by atoms with E-state index >= 15 is 0 Å². The van der Waals surface area contributed by atoms with Gasteiger partial charge in [0.1, 0.15) is 6.10 Å². The standard InChI is InChI=1S/C17H19N5O/c1-11(2)22-10-18-14-15(22)20-17(19-12-6-4-3-5-7-12)21-16(14)23-13-8-9-13/h3-7,10-11,13H,8-9H2,1-2H3,(H,19,20,21). The van der Waals surface area contributed by atoms with Crippen LogP contribution < -0.4 is 10.1 Å². The van der Waals surface area contributed by atoms with Gasteiger partial charge >= 0.3 is 0 Å². The van der Waals surface area contributed by atoms with E-state index in [0.29, 0.717) is 11.8 Å². The molecule has 2 aromatic heterocycles. The SMILES string of the molecule is CC(C)n1cnc2c(OC3CC3)nc(Nc3ccccc3)nc21. The number of hydrogen-bond acceptors (Lipinski definition) is 5. The third-order valence-corrected chi connectivity index (χ3v) is 3.78. The van der Waals surface area contributed by atoms with Gasteiger partial charge in [-0.05, 0) is 38.8 Å². The van der Waals surface area contributed by atoms with Crippen molar-refractivity contribution >= 4 is 22.8 Å². The second-order valence-corrected chi connectivity index (χ2v) is 6.08. The molecule has 0 aliphatic heterocycles. The fraction of sp³-hybridized carbons (Fsp3) is 0.353. The van der Waals surface area contributed by atoms with Crippen molar-refractivity contribution in [1.82, 2.24) is 19.5 Å². The maximum atomic E-state index is 5.94. The van der Waals surface area contributed by atoms with Crippen molar-refractivity contribution in [3.63, 3.8) is 0 Å². The fourth-order valence-electron chi connectivity index (χ4n) is 2.40. The Morgan fingerprint density at radius 2 is 1.96 bits per heavy atom. The second kappa shape index (κ2) is 5.53. The number of anilines is 2. The lowest BCUT2D eigenvalue weighted by atomic mass is 10.3. The molecule has 1 N–H and O–H groups in total. The van der Waals surface area contributed by atoms with Gasteiger partial charge in [0.15, 0.2) is 11.2 Å². The Hall–Kier alpha value is -2.63. The van der Waals surface area contributed by atoms with E-state index in [9.17, 15) is 0 Å². The number of imidazole rings is 1. The number of aromatic nitrogens is 4. The van der Waals surface area contributed by atoms with Gasteiger partial charge < -0.3 is 14.6 Å². The van der Waals surface area contributed by atoms with E-state index in [4.69, 9.17) is 4.74 Å². The first-order valence-electron chi connectivity index (χ1n) is 7.94. The highest BCUT2D eigenvalue weighted by Crippen LogP contribution is 2.31. The molecule has 2 heterocycles. The molecule has 0 radical (unpaired) electrons. The Labute approximate surface area is 134 Å². The van der Waals surface area contributed by atoms with Crippen LogP contribution in [0.15, 0.2) is 36.7 Å². The van der Waals surface area contributed by atoms with Crippen molar-refractivity contribution in [2.45, 2.75) is 38.8 Å². The van der Waals surface area contributed by atoms with Crippen molar-refractivity contribution < 1.29 is 4.74 Å². The molecule has 6 nitrogen and oxygen atoms in total. The predicted molar refractivity (Wildman–Crippen MR) is 89.1 cm³/mol. The van der Waals surface area contributed by atoms with Crippen molar-refractivity contribution in [2.24, 2.45) is 0 Å². The van der Waals surface area contributed by atoms with Crippen LogP contribution in [0.2, 0.25) is 0 Å². The summed E-state index contributed by atoms with van der Waals surface area (Å²) >= 11 is 0. The van der Waals surface area contributed by atoms with Crippen LogP contribution in [-0.2, 0) is 0 Å². The number of hydrogen-bond donors (Lipinski definition) is 1. The minimum atomic E-state index is 0.266. The zero-order valence-corrected chi connectivity index (χ0v) is 13.2. The molecule has 23 heavy (non-hydrogen) atoms. The number of para-hydroxylation sites is 1. The lowest BCUT2D eigenvalue weighted by Gasteiger charge is -2.11. The zero-order valence-electron chi connectivity index (χ0n) is 13.2. The van der Waals surface area contributed by atoms with Gasteiger partial charge in [0.25, 0.3) is 0 Å². The van der Waals surface area contributed by atoms with Crippen LogP contribution in [0.4, 0.5) is 11.6 Å². The summed E-state index contributed by atoms with van der Waals surface area (Å²) in [6, 6.07) is 10.2. The topological polar surface area (TPSA) is 64.9 Å². The average molecular weight is 309 g/mol. The predicted octanol–water partition coefficient (Wildman–Crippen LogP) is 3.69. The summed E-state index contributed by atoms with van der Waals surface area (Å²) in [5.74, 6) is 1.09. The van der Waals surface area contributed by atoms with E-state index in [1.54, 1.807) is 6.33 Å². The molecule has 0 spiro atoms. The van der Waals surface area contributed by atoms with E-state index in [1.807, 2.05) is 34.9 Å². The molecule has 0 bridgehead atoms. The molecule has 0 unspecified atom stereocenters. The molecule has 118 valence electrons. The van der Waals surface area contributed by atoms with Crippen LogP contribution >= 0.6 is 0 Å². The first kappa shape index (κ1) is 14.0. The van der Waals surface area contributed by atoms with Crippen molar-refractivity contribution in [3.05, 3.63) is 36.7 Å². The summed E-state index contributed by atoms with van der Waals surface area (Å²) in [5.41, 5.74) is 2.47. The lowest BCUT2D eigenvalue weighted by molar-refractivity contribution is 0.294. The van der Waals surface area contributed by atoms with Crippen LogP contribution in [0.5, 0.6) is 5.88 Å². The van der Waals surface area contributed by atoms with Crippen molar-refractivity contribution in [1.29, 1.82) is 0 Å². The molecule has 0 atom stereocenters. The van der Waals surface area contributed by atoms with Crippen LogP contribution in [0, 0.1) is 0 Å². The van der Waals surface area contributed by atoms with Gasteiger partial charge in [-0.1, -0.05) is 18.2 Å². The molecule has 1 aromatic carbocycles. The van der Waals surface area contributed by atoms with Crippen molar-refractivity contribution in [3.8, 4) is 5.88 Å². The molecule has 0 amide bonds. The zero-order chi connectivity index (χ0) is 15.8. The lowest BCUT2D eigenvalue weighted by Crippen LogP contribution is -2.06. The number of benzene rings is 1. The number of nitrogens with one attached hydrogen (secondary N) is 1. The molecule has 1 aliphatic carbocycles. The fourth-order valence-corrected chi connectivity index (χ4v) is 2.40. The number of fused-ring (bicyclic) bond motifs is 1. The number of rotatable bonds is 5. The molecule has 3 aromatic rings. The largest absolute Gasteiger partial charge is 0.473 e. The number of nitrogens with zero attached hydrogens (tertiary/aromatic N) is 4. The normalized spacial score (nSPS) is 14.4. The summed E-state index contributed by atoms with van der Waals surface area (Å²) in [6.07, 6.45) is 4.23. The van der Waals surface area contributed by atoms with Gasteiger partial charge in [-0.3, -0.25) is 0 Å². The molecule has 6 heteroatoms. The van der Waals surface area contributed by atoms with Crippen LogP contribution in [-0.4, -0.2) is 25.6 Å². The minimum absolute atomic E-state index is 0.266. The Bertz CT molecular complexity index is 824. The molecule has 4 rings (SSSR count). The van der Waals surface area contributed by atoms with E-state index < -0.39 is 0 Å². The third kappa shape index (κ3) is 2.84. The Morgan fingerprint density at radius 1 is 1.17 bits per heavy atom. The second-order valence-electron chi connectivity index (χ2n) is 6.08. The quantitative estimate of drug-likeness (QED) is 0.778. The van der Waals surface area contributed by atoms with E-state index in [0.717, 1.165) is 29.7 Å². The van der Waals surface area contributed by atoms with E-state index in [2.05, 4.69) is 34.1 Å². The summed E-state index contributed by atoms with van der Waals surface area (Å²) in [6.45, 7) is 4.21. The molecule has 1 fully saturated rings. The highest BCUT2D eigenvalue weighted by atomic mass is 16.5. The van der Waals surface area contributed by atoms with Gasteiger partial charge in [-0.25, -0.2) is 4.98 Å². The maximum absolute atomic E-state index is 5.94. The first-order chi connectivity index (χ1) is 11.2. The van der Waals surface area contributed by atoms with Gasteiger partial charge in [0.05, 0.1) is 6.33 Å². The number of ether oxygens (including phenoxy) is 1. The highest BCUT2D eigenvalue weighted by molar-refractivity contribution is 5.78. The molecular formula is C17H19N5O. The summed E-state index contributed by atoms with van der Waals surface area (Å²) < 4.78 is 7.98. The van der Waals surface area contributed by atoms with Gasteiger partial charge in [0.2, 0.25) is 11.8 Å². The summed E-state index contributed by atoms with van der Waals surface area (Å²) in [4.78, 5) is 13.6. The average Bonchev–Trinajstić information content (AvgIpc) is 3.24. The summed E-state index contributed by atoms with van der Waals surface area (Å²) in [7, 11) is 0.